The molecule has 4 heteroatoms. The van der Waals surface area contributed by atoms with E-state index in [1.165, 1.54) is 27.8 Å². The Bertz CT molecular complexity index is 2180. The number of benzene rings is 5. The van der Waals surface area contributed by atoms with Crippen LogP contribution in [0.4, 0.5) is 5.69 Å². The lowest BCUT2D eigenvalue weighted by molar-refractivity contribution is 0.359. The molecular formula is C39H28N2O2. The number of aryl methyl sites for hydroxylation is 1. The number of aromatic nitrogens is 1. The molecule has 0 atom stereocenters. The van der Waals surface area contributed by atoms with Crippen LogP contribution in [0.25, 0.3) is 33.2 Å². The quantitative estimate of drug-likeness (QED) is 0.213. The number of nitrogens with zero attached hydrogens (tertiary/aromatic N) is 2. The zero-order valence-electron chi connectivity index (χ0n) is 24.0. The average Bonchev–Trinajstić information content (AvgIpc) is 3.27. The van der Waals surface area contributed by atoms with Crippen molar-refractivity contribution in [2.24, 2.45) is 4.99 Å². The van der Waals surface area contributed by atoms with E-state index >= 15 is 0 Å². The molecule has 0 unspecified atom stereocenters. The lowest BCUT2D eigenvalue weighted by atomic mass is 9.82. The lowest BCUT2D eigenvalue weighted by Crippen LogP contribution is -2.15. The highest BCUT2D eigenvalue weighted by Gasteiger charge is 2.37. The van der Waals surface area contributed by atoms with Crippen molar-refractivity contribution in [1.29, 1.82) is 0 Å². The predicted molar refractivity (Wildman–Crippen MR) is 172 cm³/mol. The Hall–Kier alpha value is -5.22. The van der Waals surface area contributed by atoms with Crippen molar-refractivity contribution in [3.63, 3.8) is 0 Å². The number of aliphatic imine (C=N–C) groups is 1. The highest BCUT2D eigenvalue weighted by atomic mass is 16.6. The minimum absolute atomic E-state index is 0.0944. The zero-order chi connectivity index (χ0) is 28.7. The SMILES string of the molecule is CC1(C)c2ccccc2-c2cc3c(cc21)Oc1ccc(-c2ccccc2C2=Nc4c(ccc5cccnc45)CC2)cc1O3. The third-order valence-corrected chi connectivity index (χ3v) is 9.29. The van der Waals surface area contributed by atoms with Gasteiger partial charge in [-0.05, 0) is 82.1 Å². The fourth-order valence-electron chi connectivity index (χ4n) is 7.07. The Kier molecular flexibility index (Phi) is 5.04. The first-order valence-electron chi connectivity index (χ1n) is 14.9. The second-order valence-corrected chi connectivity index (χ2v) is 12.1. The van der Waals surface area contributed by atoms with Gasteiger partial charge in [-0.15, -0.1) is 0 Å². The molecule has 0 amide bonds. The molecule has 0 N–H and O–H groups in total. The van der Waals surface area contributed by atoms with E-state index in [2.05, 4.69) is 110 Å². The zero-order valence-corrected chi connectivity index (χ0v) is 24.0. The van der Waals surface area contributed by atoms with Gasteiger partial charge in [0.15, 0.2) is 23.0 Å². The maximum Gasteiger partial charge on any atom is 0.170 e. The van der Waals surface area contributed by atoms with Crippen LogP contribution in [0.1, 0.15) is 42.5 Å². The van der Waals surface area contributed by atoms with Crippen LogP contribution >= 0.6 is 0 Å². The summed E-state index contributed by atoms with van der Waals surface area (Å²) in [6.45, 7) is 4.55. The van der Waals surface area contributed by atoms with Crippen molar-refractivity contribution in [3.8, 4) is 45.3 Å². The molecule has 5 aromatic carbocycles. The standard InChI is InChI=1S/C39H28N2O2/c1-39(2)30-12-6-5-10-27(30)29-21-35-36(22-31(29)39)42-33-18-16-25(20-34(33)43-35)26-9-3-4-11-28(26)32-17-15-24-14-13-23-8-7-19-40-37(23)38(24)41-32/h3-14,16,18-22H,15,17H2,1-2H3. The summed E-state index contributed by atoms with van der Waals surface area (Å²) in [6.07, 6.45) is 3.67. The summed E-state index contributed by atoms with van der Waals surface area (Å²) in [5.41, 5.74) is 12.6. The molecule has 4 nitrogen and oxygen atoms in total. The fraction of sp³-hybridized carbons (Fsp3) is 0.128. The Morgan fingerprint density at radius 3 is 2.28 bits per heavy atom. The normalized spacial score (nSPS) is 15.3. The number of fused-ring (bicyclic) bond motifs is 8. The van der Waals surface area contributed by atoms with Crippen LogP contribution in [0.5, 0.6) is 23.0 Å². The van der Waals surface area contributed by atoms with Gasteiger partial charge in [-0.25, -0.2) is 0 Å². The Morgan fingerprint density at radius 1 is 0.605 bits per heavy atom. The summed E-state index contributed by atoms with van der Waals surface area (Å²) < 4.78 is 13.0. The van der Waals surface area contributed by atoms with Gasteiger partial charge in [0, 0.05) is 28.3 Å². The average molecular weight is 557 g/mol. The molecule has 206 valence electrons. The molecule has 1 aliphatic carbocycles. The van der Waals surface area contributed by atoms with E-state index in [4.69, 9.17) is 14.5 Å². The van der Waals surface area contributed by atoms with E-state index in [0.717, 1.165) is 74.8 Å². The Labute approximate surface area is 250 Å². The van der Waals surface area contributed by atoms with E-state index in [0.29, 0.717) is 0 Å². The molecule has 43 heavy (non-hydrogen) atoms. The summed E-state index contributed by atoms with van der Waals surface area (Å²) >= 11 is 0. The molecule has 3 heterocycles. The number of hydrogen-bond donors (Lipinski definition) is 0. The third kappa shape index (κ3) is 3.63. The molecule has 1 aromatic heterocycles. The smallest absolute Gasteiger partial charge is 0.170 e. The first kappa shape index (κ1) is 24.4. The van der Waals surface area contributed by atoms with Crippen molar-refractivity contribution in [2.45, 2.75) is 32.1 Å². The van der Waals surface area contributed by atoms with Crippen LogP contribution < -0.4 is 9.47 Å². The molecule has 0 spiro atoms. The van der Waals surface area contributed by atoms with Crippen LogP contribution in [0.15, 0.2) is 114 Å². The van der Waals surface area contributed by atoms with Gasteiger partial charge in [0.25, 0.3) is 0 Å². The molecule has 0 bridgehead atoms. The first-order chi connectivity index (χ1) is 21.0. The van der Waals surface area contributed by atoms with Gasteiger partial charge >= 0.3 is 0 Å². The highest BCUT2D eigenvalue weighted by Crippen LogP contribution is 2.55. The van der Waals surface area contributed by atoms with Gasteiger partial charge in [-0.2, -0.15) is 0 Å². The maximum atomic E-state index is 6.56. The van der Waals surface area contributed by atoms with Gasteiger partial charge in [-0.1, -0.05) is 86.6 Å². The summed E-state index contributed by atoms with van der Waals surface area (Å²) in [5.74, 6) is 2.95. The summed E-state index contributed by atoms with van der Waals surface area (Å²) in [7, 11) is 0. The number of ether oxygens (including phenoxy) is 2. The minimum Gasteiger partial charge on any atom is -0.450 e. The molecule has 6 aromatic rings. The van der Waals surface area contributed by atoms with Crippen molar-refractivity contribution >= 4 is 22.3 Å². The van der Waals surface area contributed by atoms with E-state index in [1.807, 2.05) is 18.3 Å². The molecule has 0 saturated heterocycles. The number of pyridine rings is 1. The molecule has 9 rings (SSSR count). The van der Waals surface area contributed by atoms with Crippen LogP contribution in [0.3, 0.4) is 0 Å². The maximum absolute atomic E-state index is 6.56. The summed E-state index contributed by atoms with van der Waals surface area (Å²) in [4.78, 5) is 9.88. The van der Waals surface area contributed by atoms with Crippen molar-refractivity contribution in [2.75, 3.05) is 0 Å². The monoisotopic (exact) mass is 556 g/mol. The molecule has 0 radical (unpaired) electrons. The van der Waals surface area contributed by atoms with Gasteiger partial charge in [-0.3, -0.25) is 9.98 Å². The lowest BCUT2D eigenvalue weighted by Gasteiger charge is -2.25. The Morgan fingerprint density at radius 2 is 1.37 bits per heavy atom. The van der Waals surface area contributed by atoms with Crippen LogP contribution in [0, 0.1) is 0 Å². The Balaban J connectivity index is 1.11. The van der Waals surface area contributed by atoms with Crippen LogP contribution in [-0.2, 0) is 11.8 Å². The molecule has 2 aliphatic heterocycles. The molecule has 0 fully saturated rings. The van der Waals surface area contributed by atoms with Crippen molar-refractivity contribution < 1.29 is 9.47 Å². The van der Waals surface area contributed by atoms with Gasteiger partial charge in [0.1, 0.15) is 0 Å². The van der Waals surface area contributed by atoms with Gasteiger partial charge in [0.2, 0.25) is 0 Å². The molecule has 0 saturated carbocycles. The largest absolute Gasteiger partial charge is 0.450 e. The topological polar surface area (TPSA) is 43.7 Å². The van der Waals surface area contributed by atoms with Crippen molar-refractivity contribution in [3.05, 3.63) is 132 Å². The first-order valence-corrected chi connectivity index (χ1v) is 14.9. The fourth-order valence-corrected chi connectivity index (χ4v) is 7.07. The number of rotatable bonds is 2. The van der Waals surface area contributed by atoms with E-state index in [-0.39, 0.29) is 5.41 Å². The van der Waals surface area contributed by atoms with Crippen LogP contribution in [0.2, 0.25) is 0 Å². The number of hydrogen-bond acceptors (Lipinski definition) is 4. The van der Waals surface area contributed by atoms with Gasteiger partial charge < -0.3 is 9.47 Å². The predicted octanol–water partition coefficient (Wildman–Crippen LogP) is 10.2. The summed E-state index contributed by atoms with van der Waals surface area (Å²) in [6, 6.07) is 36.1. The second kappa shape index (κ2) is 8.89. The van der Waals surface area contributed by atoms with E-state index in [9.17, 15) is 0 Å². The molecule has 3 aliphatic rings. The van der Waals surface area contributed by atoms with Crippen molar-refractivity contribution in [1.82, 2.24) is 4.98 Å². The second-order valence-electron chi connectivity index (χ2n) is 12.1. The van der Waals surface area contributed by atoms with Crippen LogP contribution in [-0.4, -0.2) is 10.7 Å². The summed E-state index contributed by atoms with van der Waals surface area (Å²) in [5, 5.41) is 1.12. The van der Waals surface area contributed by atoms with E-state index < -0.39 is 0 Å². The molecular weight excluding hydrogens is 528 g/mol. The van der Waals surface area contributed by atoms with Gasteiger partial charge in [0.05, 0.1) is 11.2 Å². The van der Waals surface area contributed by atoms with E-state index in [1.54, 1.807) is 0 Å². The highest BCUT2D eigenvalue weighted by molar-refractivity contribution is 6.10. The minimum atomic E-state index is -0.0944. The third-order valence-electron chi connectivity index (χ3n) is 9.29.